The number of rotatable bonds is 5. The first-order chi connectivity index (χ1) is 16.7. The van der Waals surface area contributed by atoms with Crippen molar-refractivity contribution in [2.75, 3.05) is 26.7 Å². The summed E-state index contributed by atoms with van der Waals surface area (Å²) in [5.74, 6) is 7.05. The van der Waals surface area contributed by atoms with E-state index in [4.69, 9.17) is 4.74 Å². The molecule has 2 aliphatic carbocycles. The van der Waals surface area contributed by atoms with Crippen molar-refractivity contribution in [2.24, 2.45) is 17.8 Å². The highest BCUT2D eigenvalue weighted by molar-refractivity contribution is 7.89. The molecule has 0 radical (unpaired) electrons. The Kier molecular flexibility index (Phi) is 8.09. The molecule has 1 aliphatic heterocycles. The Bertz CT molecular complexity index is 1080. The summed E-state index contributed by atoms with van der Waals surface area (Å²) in [6.07, 6.45) is 7.03. The Morgan fingerprint density at radius 3 is 2.60 bits per heavy atom. The lowest BCUT2D eigenvalue weighted by atomic mass is 9.88. The van der Waals surface area contributed by atoms with Crippen LogP contribution in [0.1, 0.15) is 64.4 Å². The van der Waals surface area contributed by atoms with Crippen molar-refractivity contribution in [3.05, 3.63) is 23.8 Å². The second-order valence-corrected chi connectivity index (χ2v) is 12.4. The van der Waals surface area contributed by atoms with E-state index in [1.54, 1.807) is 30.0 Å². The van der Waals surface area contributed by atoms with Crippen LogP contribution < -0.4 is 4.74 Å². The monoisotopic (exact) mass is 502 g/mol. The van der Waals surface area contributed by atoms with Crippen LogP contribution in [0, 0.1) is 29.6 Å². The number of aliphatic hydroxyl groups excluding tert-OH is 1. The van der Waals surface area contributed by atoms with Crippen LogP contribution in [0.25, 0.3) is 0 Å². The summed E-state index contributed by atoms with van der Waals surface area (Å²) < 4.78 is 34.9. The van der Waals surface area contributed by atoms with Gasteiger partial charge in [-0.25, -0.2) is 8.42 Å². The Morgan fingerprint density at radius 1 is 1.23 bits per heavy atom. The van der Waals surface area contributed by atoms with Crippen LogP contribution in [0.3, 0.4) is 0 Å². The SMILES string of the molecule is C[C@H]1CN([C@@H](C)CO)S(=O)(=O)c2ccc(C#CC3CC3)cc2O[C@@H]1CN(C)C(=O)C1CCCCC1. The molecule has 1 N–H and O–H groups in total. The fourth-order valence-corrected chi connectivity index (χ4v) is 6.78. The molecule has 7 nitrogen and oxygen atoms in total. The Morgan fingerprint density at radius 2 is 1.94 bits per heavy atom. The zero-order valence-electron chi connectivity index (χ0n) is 21.1. The van der Waals surface area contributed by atoms with Crippen molar-refractivity contribution in [2.45, 2.75) is 75.8 Å². The van der Waals surface area contributed by atoms with Crippen LogP contribution >= 0.6 is 0 Å². The summed E-state index contributed by atoms with van der Waals surface area (Å²) in [5.41, 5.74) is 0.714. The summed E-state index contributed by atoms with van der Waals surface area (Å²) in [6, 6.07) is 4.40. The molecule has 0 saturated heterocycles. The fourth-order valence-electron chi connectivity index (χ4n) is 4.96. The number of fused-ring (bicyclic) bond motifs is 1. The molecule has 0 unspecified atom stereocenters. The first-order valence-corrected chi connectivity index (χ1v) is 14.3. The number of ether oxygens (including phenoxy) is 1. The molecule has 1 heterocycles. The average Bonchev–Trinajstić information content (AvgIpc) is 3.69. The number of nitrogens with zero attached hydrogens (tertiary/aromatic N) is 2. The highest BCUT2D eigenvalue weighted by Gasteiger charge is 2.38. The third-order valence-electron chi connectivity index (χ3n) is 7.45. The minimum Gasteiger partial charge on any atom is -0.487 e. The number of likely N-dealkylation sites (N-methyl/N-ethyl adjacent to an activating group) is 1. The minimum atomic E-state index is -3.89. The lowest BCUT2D eigenvalue weighted by Crippen LogP contribution is -2.50. The van der Waals surface area contributed by atoms with Gasteiger partial charge in [0, 0.05) is 43.0 Å². The topological polar surface area (TPSA) is 87.2 Å². The molecule has 1 aromatic rings. The summed E-state index contributed by atoms with van der Waals surface area (Å²) >= 11 is 0. The molecule has 3 atom stereocenters. The van der Waals surface area contributed by atoms with Gasteiger partial charge in [0.05, 0.1) is 13.2 Å². The van der Waals surface area contributed by atoms with E-state index in [0.717, 1.165) is 38.5 Å². The van der Waals surface area contributed by atoms with Crippen molar-refractivity contribution >= 4 is 15.9 Å². The molecule has 35 heavy (non-hydrogen) atoms. The van der Waals surface area contributed by atoms with Gasteiger partial charge in [0.2, 0.25) is 15.9 Å². The number of carbonyl (C=O) groups excluding carboxylic acids is 1. The van der Waals surface area contributed by atoms with E-state index in [-0.39, 0.29) is 41.5 Å². The van der Waals surface area contributed by atoms with Gasteiger partial charge in [0.15, 0.2) is 0 Å². The van der Waals surface area contributed by atoms with E-state index in [2.05, 4.69) is 11.8 Å². The maximum atomic E-state index is 13.6. The number of sulfonamides is 1. The number of aliphatic hydroxyl groups is 1. The van der Waals surface area contributed by atoms with E-state index in [1.807, 2.05) is 14.0 Å². The zero-order valence-corrected chi connectivity index (χ0v) is 21.9. The number of amides is 1. The van der Waals surface area contributed by atoms with Gasteiger partial charge < -0.3 is 14.7 Å². The Labute approximate surface area is 209 Å². The molecule has 1 aromatic carbocycles. The number of hydrogen-bond donors (Lipinski definition) is 1. The Balaban J connectivity index is 1.65. The van der Waals surface area contributed by atoms with Gasteiger partial charge in [-0.15, -0.1) is 0 Å². The first kappa shape index (κ1) is 26.0. The predicted octanol–water partition coefficient (Wildman–Crippen LogP) is 3.26. The van der Waals surface area contributed by atoms with E-state index >= 15 is 0 Å². The summed E-state index contributed by atoms with van der Waals surface area (Å²) in [4.78, 5) is 15.0. The second kappa shape index (κ2) is 10.9. The summed E-state index contributed by atoms with van der Waals surface area (Å²) in [5, 5.41) is 9.81. The van der Waals surface area contributed by atoms with Crippen LogP contribution in [-0.4, -0.2) is 67.5 Å². The molecule has 2 fully saturated rings. The third kappa shape index (κ3) is 6.02. The molecular formula is C27H38N2O5S. The van der Waals surface area contributed by atoms with Gasteiger partial charge in [-0.05, 0) is 50.8 Å². The van der Waals surface area contributed by atoms with Crippen LogP contribution in [-0.2, 0) is 14.8 Å². The quantitative estimate of drug-likeness (QED) is 0.625. The van der Waals surface area contributed by atoms with Gasteiger partial charge in [0.25, 0.3) is 0 Å². The smallest absolute Gasteiger partial charge is 0.247 e. The van der Waals surface area contributed by atoms with Gasteiger partial charge in [-0.1, -0.05) is 38.0 Å². The minimum absolute atomic E-state index is 0.0560. The van der Waals surface area contributed by atoms with Crippen LogP contribution in [0.5, 0.6) is 5.75 Å². The summed E-state index contributed by atoms with van der Waals surface area (Å²) in [7, 11) is -2.07. The molecule has 0 aromatic heterocycles. The maximum absolute atomic E-state index is 13.6. The normalized spacial score (nSPS) is 25.7. The van der Waals surface area contributed by atoms with E-state index in [0.29, 0.717) is 18.0 Å². The van der Waals surface area contributed by atoms with Crippen molar-refractivity contribution in [3.8, 4) is 17.6 Å². The van der Waals surface area contributed by atoms with Crippen molar-refractivity contribution in [1.82, 2.24) is 9.21 Å². The van der Waals surface area contributed by atoms with E-state index < -0.39 is 22.2 Å². The molecule has 1 amide bonds. The van der Waals surface area contributed by atoms with E-state index in [1.165, 1.54) is 10.7 Å². The maximum Gasteiger partial charge on any atom is 0.247 e. The third-order valence-corrected chi connectivity index (χ3v) is 9.47. The molecule has 4 rings (SSSR count). The van der Waals surface area contributed by atoms with Gasteiger partial charge in [-0.2, -0.15) is 4.31 Å². The molecule has 8 heteroatoms. The van der Waals surface area contributed by atoms with E-state index in [9.17, 15) is 18.3 Å². The van der Waals surface area contributed by atoms with Crippen molar-refractivity contribution in [3.63, 3.8) is 0 Å². The number of hydrogen-bond acceptors (Lipinski definition) is 5. The molecule has 2 saturated carbocycles. The Hall–Kier alpha value is -2.08. The molecule has 0 bridgehead atoms. The van der Waals surface area contributed by atoms with Gasteiger partial charge in [-0.3, -0.25) is 4.79 Å². The number of carbonyl (C=O) groups is 1. The highest BCUT2D eigenvalue weighted by atomic mass is 32.2. The average molecular weight is 503 g/mol. The predicted molar refractivity (Wildman–Crippen MR) is 134 cm³/mol. The van der Waals surface area contributed by atoms with Crippen LogP contribution in [0.15, 0.2) is 23.1 Å². The second-order valence-electron chi connectivity index (χ2n) is 10.5. The molecule has 3 aliphatic rings. The van der Waals surface area contributed by atoms with Gasteiger partial charge >= 0.3 is 0 Å². The first-order valence-electron chi connectivity index (χ1n) is 12.9. The van der Waals surface area contributed by atoms with Crippen molar-refractivity contribution < 1.29 is 23.1 Å². The molecule has 192 valence electrons. The zero-order chi connectivity index (χ0) is 25.2. The highest BCUT2D eigenvalue weighted by Crippen LogP contribution is 2.35. The molecular weight excluding hydrogens is 464 g/mol. The lowest BCUT2D eigenvalue weighted by Gasteiger charge is -2.38. The van der Waals surface area contributed by atoms with Crippen LogP contribution in [0.4, 0.5) is 0 Å². The fraction of sp³-hybridized carbons (Fsp3) is 0.667. The lowest BCUT2D eigenvalue weighted by molar-refractivity contribution is -0.136. The standard InChI is InChI=1S/C27H38N2O5S/c1-19-16-29(20(2)18-30)35(32,33)26-14-13-22(12-11-21-9-10-21)15-24(26)34-25(19)17-28(3)27(31)23-7-5-4-6-8-23/h13-15,19-21,23,25,30H,4-10,16-18H2,1-3H3/t19-,20-,25+/m0/s1. The largest absolute Gasteiger partial charge is 0.487 e. The van der Waals surface area contributed by atoms with Gasteiger partial charge in [0.1, 0.15) is 16.7 Å². The molecule has 0 spiro atoms. The number of benzene rings is 1. The van der Waals surface area contributed by atoms with Crippen molar-refractivity contribution in [1.29, 1.82) is 0 Å². The summed E-state index contributed by atoms with van der Waals surface area (Å²) in [6.45, 7) is 3.93. The van der Waals surface area contributed by atoms with Crippen LogP contribution in [0.2, 0.25) is 0 Å².